The molecule has 1 N–H and O–H groups in total. The summed E-state index contributed by atoms with van der Waals surface area (Å²) in [6.45, 7) is 0.418. The molecule has 0 saturated heterocycles. The number of carbonyl (C=O) groups is 1. The Hall–Kier alpha value is -2.80. The molecule has 2 heterocycles. The number of halogens is 1. The molecule has 0 bridgehead atoms. The minimum absolute atomic E-state index is 0.121. The predicted molar refractivity (Wildman–Crippen MR) is 84.0 cm³/mol. The van der Waals surface area contributed by atoms with Crippen LogP contribution in [0.2, 0.25) is 0 Å². The van der Waals surface area contributed by atoms with Crippen LogP contribution in [0, 0.1) is 5.82 Å². The summed E-state index contributed by atoms with van der Waals surface area (Å²) in [5.74, 6) is -0.197. The molecule has 7 heteroatoms. The molecule has 3 aromatic rings. The van der Waals surface area contributed by atoms with Gasteiger partial charge in [-0.3, -0.25) is 4.79 Å². The number of rotatable bonds is 5. The van der Waals surface area contributed by atoms with Gasteiger partial charge >= 0.3 is 0 Å². The van der Waals surface area contributed by atoms with E-state index in [1.165, 1.54) is 36.8 Å². The number of ether oxygens (including phenoxy) is 1. The second-order valence-corrected chi connectivity index (χ2v) is 5.59. The Morgan fingerprint density at radius 3 is 2.83 bits per heavy atom. The van der Waals surface area contributed by atoms with Crippen molar-refractivity contribution in [2.75, 3.05) is 0 Å². The van der Waals surface area contributed by atoms with E-state index in [4.69, 9.17) is 4.74 Å². The molecule has 1 aromatic carbocycles. The molecule has 0 radical (unpaired) electrons. The quantitative estimate of drug-likeness (QED) is 0.779. The largest absolute Gasteiger partial charge is 0.438 e. The van der Waals surface area contributed by atoms with E-state index in [-0.39, 0.29) is 23.2 Å². The zero-order valence-electron chi connectivity index (χ0n) is 11.9. The Morgan fingerprint density at radius 1 is 1.26 bits per heavy atom. The van der Waals surface area contributed by atoms with Gasteiger partial charge in [0.15, 0.2) is 0 Å². The fourth-order valence-electron chi connectivity index (χ4n) is 1.85. The van der Waals surface area contributed by atoms with E-state index in [0.717, 1.165) is 4.88 Å². The van der Waals surface area contributed by atoms with Crippen molar-refractivity contribution in [1.82, 2.24) is 15.3 Å². The van der Waals surface area contributed by atoms with Crippen molar-refractivity contribution in [3.8, 4) is 11.6 Å². The standard InChI is InChI=1S/C16H12FN3O2S/c17-11-3-5-12(6-4-11)22-16-14(9-18-10-20-16)15(21)19-8-13-2-1-7-23-13/h1-7,9-10H,8H2,(H,19,21). The molecular weight excluding hydrogens is 317 g/mol. The third-order valence-electron chi connectivity index (χ3n) is 2.95. The number of nitrogens with one attached hydrogen (secondary N) is 1. The number of nitrogens with zero attached hydrogens (tertiary/aromatic N) is 2. The lowest BCUT2D eigenvalue weighted by molar-refractivity contribution is 0.0948. The number of amides is 1. The van der Waals surface area contributed by atoms with Gasteiger partial charge in [-0.05, 0) is 35.7 Å². The highest BCUT2D eigenvalue weighted by Crippen LogP contribution is 2.22. The highest BCUT2D eigenvalue weighted by molar-refractivity contribution is 7.09. The van der Waals surface area contributed by atoms with Gasteiger partial charge < -0.3 is 10.1 Å². The summed E-state index contributed by atoms with van der Waals surface area (Å²) in [6.07, 6.45) is 2.67. The van der Waals surface area contributed by atoms with Crippen LogP contribution in [0.15, 0.2) is 54.3 Å². The zero-order chi connectivity index (χ0) is 16.1. The minimum atomic E-state index is -0.367. The Balaban J connectivity index is 1.74. The van der Waals surface area contributed by atoms with Gasteiger partial charge in [-0.1, -0.05) is 6.07 Å². The van der Waals surface area contributed by atoms with Crippen LogP contribution in [0.5, 0.6) is 11.6 Å². The van der Waals surface area contributed by atoms with Crippen molar-refractivity contribution >= 4 is 17.2 Å². The van der Waals surface area contributed by atoms with Gasteiger partial charge in [0.2, 0.25) is 5.88 Å². The van der Waals surface area contributed by atoms with Crippen LogP contribution in [0.3, 0.4) is 0 Å². The molecule has 1 amide bonds. The number of benzene rings is 1. The molecule has 3 rings (SSSR count). The van der Waals surface area contributed by atoms with Crippen molar-refractivity contribution in [2.24, 2.45) is 0 Å². The van der Waals surface area contributed by atoms with Gasteiger partial charge in [0, 0.05) is 11.1 Å². The average Bonchev–Trinajstić information content (AvgIpc) is 3.09. The maximum absolute atomic E-state index is 12.9. The second-order valence-electron chi connectivity index (χ2n) is 4.56. The molecule has 0 fully saturated rings. The fourth-order valence-corrected chi connectivity index (χ4v) is 2.49. The number of thiophene rings is 1. The third kappa shape index (κ3) is 3.89. The van der Waals surface area contributed by atoms with Gasteiger partial charge in [-0.25, -0.2) is 14.4 Å². The highest BCUT2D eigenvalue weighted by atomic mass is 32.1. The first-order valence-electron chi connectivity index (χ1n) is 6.76. The van der Waals surface area contributed by atoms with Crippen LogP contribution in [0.4, 0.5) is 4.39 Å². The third-order valence-corrected chi connectivity index (χ3v) is 3.83. The fraction of sp³-hybridized carbons (Fsp3) is 0.0625. The Bertz CT molecular complexity index is 791. The summed E-state index contributed by atoms with van der Waals surface area (Å²) >= 11 is 1.56. The first kappa shape index (κ1) is 15.1. The molecule has 0 unspecified atom stereocenters. The van der Waals surface area contributed by atoms with Crippen molar-refractivity contribution in [1.29, 1.82) is 0 Å². The molecule has 2 aromatic heterocycles. The maximum Gasteiger partial charge on any atom is 0.258 e. The topological polar surface area (TPSA) is 64.1 Å². The summed E-state index contributed by atoms with van der Waals surface area (Å²) in [5, 5.41) is 4.73. The SMILES string of the molecule is O=C(NCc1cccs1)c1cncnc1Oc1ccc(F)cc1. The second kappa shape index (κ2) is 6.97. The van der Waals surface area contributed by atoms with Crippen molar-refractivity contribution in [3.05, 3.63) is 70.6 Å². The Kier molecular flexibility index (Phi) is 4.58. The van der Waals surface area contributed by atoms with E-state index in [1.807, 2.05) is 17.5 Å². The van der Waals surface area contributed by atoms with Crippen LogP contribution in [-0.4, -0.2) is 15.9 Å². The van der Waals surface area contributed by atoms with E-state index in [0.29, 0.717) is 12.3 Å². The van der Waals surface area contributed by atoms with Gasteiger partial charge in [0.25, 0.3) is 5.91 Å². The van der Waals surface area contributed by atoms with Crippen LogP contribution in [0.1, 0.15) is 15.2 Å². The first-order valence-corrected chi connectivity index (χ1v) is 7.64. The van der Waals surface area contributed by atoms with Crippen LogP contribution >= 0.6 is 11.3 Å². The molecule has 0 aliphatic carbocycles. The van der Waals surface area contributed by atoms with E-state index < -0.39 is 0 Å². The van der Waals surface area contributed by atoms with Crippen LogP contribution in [0.25, 0.3) is 0 Å². The molecule has 23 heavy (non-hydrogen) atoms. The minimum Gasteiger partial charge on any atom is -0.438 e. The number of aromatic nitrogens is 2. The summed E-state index contributed by atoms with van der Waals surface area (Å²) in [5.41, 5.74) is 0.216. The van der Waals surface area contributed by atoms with E-state index >= 15 is 0 Å². The molecule has 0 aliphatic rings. The lowest BCUT2D eigenvalue weighted by Crippen LogP contribution is -2.23. The molecule has 5 nitrogen and oxygen atoms in total. The molecule has 0 atom stereocenters. The summed E-state index contributed by atoms with van der Waals surface area (Å²) < 4.78 is 18.5. The maximum atomic E-state index is 12.9. The molecule has 0 aliphatic heterocycles. The number of hydrogen-bond acceptors (Lipinski definition) is 5. The molecule has 0 saturated carbocycles. The lowest BCUT2D eigenvalue weighted by atomic mass is 10.3. The molecule has 0 spiro atoms. The van der Waals surface area contributed by atoms with Crippen molar-refractivity contribution in [3.63, 3.8) is 0 Å². The highest BCUT2D eigenvalue weighted by Gasteiger charge is 2.15. The summed E-state index contributed by atoms with van der Waals surface area (Å²) in [7, 11) is 0. The van der Waals surface area contributed by atoms with Gasteiger partial charge in [-0.2, -0.15) is 0 Å². The van der Waals surface area contributed by atoms with E-state index in [1.54, 1.807) is 11.3 Å². The monoisotopic (exact) mass is 329 g/mol. The number of carbonyl (C=O) groups excluding carboxylic acids is 1. The summed E-state index contributed by atoms with van der Waals surface area (Å²) in [6, 6.07) is 9.32. The van der Waals surface area contributed by atoms with Crippen LogP contribution < -0.4 is 10.1 Å². The molecular formula is C16H12FN3O2S. The van der Waals surface area contributed by atoms with Gasteiger partial charge in [0.05, 0.1) is 6.54 Å². The number of hydrogen-bond donors (Lipinski definition) is 1. The lowest BCUT2D eigenvalue weighted by Gasteiger charge is -2.09. The van der Waals surface area contributed by atoms with E-state index in [9.17, 15) is 9.18 Å². The average molecular weight is 329 g/mol. The van der Waals surface area contributed by atoms with Crippen molar-refractivity contribution in [2.45, 2.75) is 6.54 Å². The normalized spacial score (nSPS) is 10.3. The molecule has 116 valence electrons. The van der Waals surface area contributed by atoms with E-state index in [2.05, 4.69) is 15.3 Å². The smallest absolute Gasteiger partial charge is 0.258 e. The van der Waals surface area contributed by atoms with Gasteiger partial charge in [-0.15, -0.1) is 11.3 Å². The van der Waals surface area contributed by atoms with Gasteiger partial charge in [0.1, 0.15) is 23.5 Å². The first-order chi connectivity index (χ1) is 11.2. The predicted octanol–water partition coefficient (Wildman–Crippen LogP) is 3.40. The summed E-state index contributed by atoms with van der Waals surface area (Å²) in [4.78, 5) is 21.2. The zero-order valence-corrected chi connectivity index (χ0v) is 12.7. The van der Waals surface area contributed by atoms with Crippen LogP contribution in [-0.2, 0) is 6.54 Å². The Morgan fingerprint density at radius 2 is 2.09 bits per heavy atom. The Labute approximate surface area is 135 Å². The van der Waals surface area contributed by atoms with Crippen molar-refractivity contribution < 1.29 is 13.9 Å².